The number of fused-ring (bicyclic) bond motifs is 1. The van der Waals surface area contributed by atoms with Gasteiger partial charge in [-0.25, -0.2) is 9.97 Å². The molecule has 7 heteroatoms. The van der Waals surface area contributed by atoms with E-state index in [2.05, 4.69) is 9.97 Å². The SMILES string of the molecule is C[C@H](n1c(=O)ccc2cncnc21)C(F)(F)F. The first kappa shape index (κ1) is 11.6. The van der Waals surface area contributed by atoms with Crippen molar-refractivity contribution in [2.75, 3.05) is 0 Å². The molecule has 4 nitrogen and oxygen atoms in total. The molecule has 0 bridgehead atoms. The molecule has 0 saturated carbocycles. The maximum atomic E-state index is 12.6. The molecule has 0 aromatic carbocycles. The fourth-order valence-corrected chi connectivity index (χ4v) is 1.52. The minimum absolute atomic E-state index is 0.0164. The maximum Gasteiger partial charge on any atom is 0.409 e. The molecule has 0 aliphatic rings. The van der Waals surface area contributed by atoms with Gasteiger partial charge in [0.25, 0.3) is 5.56 Å². The number of halogens is 3. The highest BCUT2D eigenvalue weighted by molar-refractivity contribution is 5.73. The maximum absolute atomic E-state index is 12.6. The summed E-state index contributed by atoms with van der Waals surface area (Å²) >= 11 is 0. The monoisotopic (exact) mass is 243 g/mol. The number of aromatic nitrogens is 3. The zero-order valence-electron chi connectivity index (χ0n) is 8.77. The van der Waals surface area contributed by atoms with E-state index in [1.807, 2.05) is 0 Å². The molecular formula is C10H8F3N3O. The summed E-state index contributed by atoms with van der Waals surface area (Å²) in [6.07, 6.45) is -2.02. The summed E-state index contributed by atoms with van der Waals surface area (Å²) in [6, 6.07) is 0.555. The Labute approximate surface area is 93.7 Å². The van der Waals surface area contributed by atoms with Crippen molar-refractivity contribution in [1.82, 2.24) is 14.5 Å². The molecule has 0 radical (unpaired) electrons. The Kier molecular flexibility index (Phi) is 2.60. The third-order valence-electron chi connectivity index (χ3n) is 2.45. The second-order valence-electron chi connectivity index (χ2n) is 3.56. The van der Waals surface area contributed by atoms with Crippen molar-refractivity contribution >= 4 is 11.0 Å². The van der Waals surface area contributed by atoms with Crippen LogP contribution in [0.1, 0.15) is 13.0 Å². The topological polar surface area (TPSA) is 47.8 Å². The van der Waals surface area contributed by atoms with Gasteiger partial charge in [0.2, 0.25) is 0 Å². The van der Waals surface area contributed by atoms with Crippen LogP contribution >= 0.6 is 0 Å². The fourth-order valence-electron chi connectivity index (χ4n) is 1.52. The van der Waals surface area contributed by atoms with Crippen molar-refractivity contribution in [2.24, 2.45) is 0 Å². The van der Waals surface area contributed by atoms with Gasteiger partial charge >= 0.3 is 6.18 Å². The van der Waals surface area contributed by atoms with Crippen LogP contribution in [0.25, 0.3) is 11.0 Å². The van der Waals surface area contributed by atoms with Crippen molar-refractivity contribution in [3.8, 4) is 0 Å². The lowest BCUT2D eigenvalue weighted by atomic mass is 10.2. The molecule has 17 heavy (non-hydrogen) atoms. The molecule has 2 aromatic rings. The summed E-state index contributed by atoms with van der Waals surface area (Å²) in [7, 11) is 0. The van der Waals surface area contributed by atoms with Crippen molar-refractivity contribution in [2.45, 2.75) is 19.1 Å². The third-order valence-corrected chi connectivity index (χ3v) is 2.45. The quantitative estimate of drug-likeness (QED) is 0.768. The Bertz CT molecular complexity index is 606. The van der Waals surface area contributed by atoms with Gasteiger partial charge in [0, 0.05) is 17.6 Å². The van der Waals surface area contributed by atoms with E-state index in [1.54, 1.807) is 0 Å². The van der Waals surface area contributed by atoms with E-state index in [-0.39, 0.29) is 5.65 Å². The third kappa shape index (κ3) is 2.00. The minimum atomic E-state index is -4.50. The molecular weight excluding hydrogens is 235 g/mol. The number of hydrogen-bond acceptors (Lipinski definition) is 3. The zero-order valence-corrected chi connectivity index (χ0v) is 8.77. The second-order valence-corrected chi connectivity index (χ2v) is 3.56. The number of rotatable bonds is 1. The molecule has 0 amide bonds. The predicted molar refractivity (Wildman–Crippen MR) is 54.6 cm³/mol. The van der Waals surface area contributed by atoms with Crippen LogP contribution in [-0.4, -0.2) is 20.7 Å². The van der Waals surface area contributed by atoms with Gasteiger partial charge in [-0.15, -0.1) is 0 Å². The van der Waals surface area contributed by atoms with Crippen LogP contribution in [0, 0.1) is 0 Å². The highest BCUT2D eigenvalue weighted by Crippen LogP contribution is 2.30. The van der Waals surface area contributed by atoms with E-state index in [0.717, 1.165) is 19.3 Å². The smallest absolute Gasteiger partial charge is 0.281 e. The summed E-state index contributed by atoms with van der Waals surface area (Å²) in [6.45, 7) is 0.920. The number of pyridine rings is 1. The molecule has 0 fully saturated rings. The molecule has 2 rings (SSSR count). The molecule has 0 N–H and O–H groups in total. The van der Waals surface area contributed by atoms with Crippen LogP contribution in [0.2, 0.25) is 0 Å². The van der Waals surface area contributed by atoms with Crippen molar-refractivity contribution in [3.05, 3.63) is 35.0 Å². The van der Waals surface area contributed by atoms with Gasteiger partial charge < -0.3 is 0 Å². The van der Waals surface area contributed by atoms with Crippen LogP contribution in [0.15, 0.2) is 29.5 Å². The molecule has 2 aromatic heterocycles. The van der Waals surface area contributed by atoms with Crippen LogP contribution in [0.4, 0.5) is 13.2 Å². The molecule has 0 spiro atoms. The number of nitrogens with zero attached hydrogens (tertiary/aromatic N) is 3. The van der Waals surface area contributed by atoms with Crippen LogP contribution in [0.5, 0.6) is 0 Å². The summed E-state index contributed by atoms with van der Waals surface area (Å²) in [5.74, 6) is 0. The molecule has 0 saturated heterocycles. The van der Waals surface area contributed by atoms with Crippen molar-refractivity contribution in [3.63, 3.8) is 0 Å². The van der Waals surface area contributed by atoms with Gasteiger partial charge in [-0.1, -0.05) is 0 Å². The zero-order chi connectivity index (χ0) is 12.6. The first-order valence-corrected chi connectivity index (χ1v) is 4.79. The van der Waals surface area contributed by atoms with Gasteiger partial charge in [0.05, 0.1) is 0 Å². The highest BCUT2D eigenvalue weighted by Gasteiger charge is 2.38. The van der Waals surface area contributed by atoms with Crippen molar-refractivity contribution in [1.29, 1.82) is 0 Å². The summed E-state index contributed by atoms with van der Waals surface area (Å²) in [5, 5.41) is 0.392. The lowest BCUT2D eigenvalue weighted by molar-refractivity contribution is -0.162. The van der Waals surface area contributed by atoms with Crippen LogP contribution in [0.3, 0.4) is 0 Å². The Morgan fingerprint density at radius 2 is 2.06 bits per heavy atom. The Hall–Kier alpha value is -1.92. The van der Waals surface area contributed by atoms with Gasteiger partial charge in [0.1, 0.15) is 18.0 Å². The largest absolute Gasteiger partial charge is 0.409 e. The van der Waals surface area contributed by atoms with Gasteiger partial charge in [-0.05, 0) is 13.0 Å². The lowest BCUT2D eigenvalue weighted by Gasteiger charge is -2.19. The van der Waals surface area contributed by atoms with E-state index >= 15 is 0 Å². The van der Waals surface area contributed by atoms with E-state index in [4.69, 9.17) is 0 Å². The Balaban J connectivity index is 2.76. The van der Waals surface area contributed by atoms with Gasteiger partial charge in [0.15, 0.2) is 0 Å². The van der Waals surface area contributed by atoms with Gasteiger partial charge in [-0.3, -0.25) is 9.36 Å². The highest BCUT2D eigenvalue weighted by atomic mass is 19.4. The van der Waals surface area contributed by atoms with E-state index in [9.17, 15) is 18.0 Å². The predicted octanol–water partition coefficient (Wildman–Crippen LogP) is 1.91. The van der Waals surface area contributed by atoms with Crippen molar-refractivity contribution < 1.29 is 13.2 Å². The van der Waals surface area contributed by atoms with Crippen LogP contribution in [-0.2, 0) is 0 Å². The first-order valence-electron chi connectivity index (χ1n) is 4.79. The average molecular weight is 243 g/mol. The molecule has 0 aliphatic heterocycles. The Morgan fingerprint density at radius 1 is 1.35 bits per heavy atom. The minimum Gasteiger partial charge on any atom is -0.281 e. The molecule has 0 unspecified atom stereocenters. The van der Waals surface area contributed by atoms with Crippen LogP contribution < -0.4 is 5.56 Å². The molecule has 1 atom stereocenters. The fraction of sp³-hybridized carbons (Fsp3) is 0.300. The van der Waals surface area contributed by atoms with Gasteiger partial charge in [-0.2, -0.15) is 13.2 Å². The summed E-state index contributed by atoms with van der Waals surface area (Å²) < 4.78 is 38.5. The Morgan fingerprint density at radius 3 is 2.71 bits per heavy atom. The normalized spacial score (nSPS) is 13.9. The average Bonchev–Trinajstić information content (AvgIpc) is 2.27. The summed E-state index contributed by atoms with van der Waals surface area (Å²) in [5.41, 5.74) is -0.752. The second kappa shape index (κ2) is 3.83. The number of alkyl halides is 3. The molecule has 2 heterocycles. The van der Waals surface area contributed by atoms with E-state index in [0.29, 0.717) is 9.95 Å². The first-order chi connectivity index (χ1) is 7.91. The standard InChI is InChI=1S/C10H8F3N3O/c1-6(10(11,12)13)16-8(17)3-2-7-4-14-5-15-9(7)16/h2-6H,1H3/t6-/m0/s1. The van der Waals surface area contributed by atoms with E-state index < -0.39 is 17.8 Å². The number of hydrogen-bond donors (Lipinski definition) is 0. The molecule has 90 valence electrons. The summed E-state index contributed by atoms with van der Waals surface area (Å²) in [4.78, 5) is 18.9. The lowest BCUT2D eigenvalue weighted by Crippen LogP contribution is -2.32. The van der Waals surface area contributed by atoms with E-state index in [1.165, 1.54) is 12.3 Å². The molecule has 0 aliphatic carbocycles.